The van der Waals surface area contributed by atoms with Crippen molar-refractivity contribution in [2.75, 3.05) is 23.9 Å². The summed E-state index contributed by atoms with van der Waals surface area (Å²) < 4.78 is 20.3. The number of fused-ring (bicyclic) bond motifs is 1. The van der Waals surface area contributed by atoms with Crippen LogP contribution in [-0.2, 0) is 11.2 Å². The molecule has 0 bridgehead atoms. The molecule has 10 heteroatoms. The van der Waals surface area contributed by atoms with Crippen molar-refractivity contribution in [1.82, 2.24) is 10.3 Å². The van der Waals surface area contributed by atoms with Crippen LogP contribution in [0.5, 0.6) is 5.75 Å². The molecule has 0 saturated carbocycles. The lowest BCUT2D eigenvalue weighted by molar-refractivity contribution is -0.121. The second-order valence-electron chi connectivity index (χ2n) is 7.95. The van der Waals surface area contributed by atoms with Gasteiger partial charge in [-0.25, -0.2) is 14.2 Å². The van der Waals surface area contributed by atoms with Crippen molar-refractivity contribution in [1.29, 1.82) is 0 Å². The number of ether oxygens (including phenoxy) is 1. The number of carbonyl (C=O) groups excluding carboxylic acids is 3. The molecule has 1 aliphatic heterocycles. The average Bonchev–Trinajstić information content (AvgIpc) is 2.73. The minimum atomic E-state index is -0.815. The Morgan fingerprint density at radius 1 is 1.31 bits per heavy atom. The normalized spacial score (nSPS) is 15.0. The van der Waals surface area contributed by atoms with E-state index in [4.69, 9.17) is 10.5 Å². The highest BCUT2D eigenvalue weighted by Crippen LogP contribution is 2.38. The number of halogens is 1. The molecule has 2 aromatic rings. The molecule has 9 nitrogen and oxygen atoms in total. The summed E-state index contributed by atoms with van der Waals surface area (Å²) in [4.78, 5) is 42.2. The molecule has 0 saturated heterocycles. The second kappa shape index (κ2) is 9.63. The third-order valence-electron chi connectivity index (χ3n) is 4.99. The maximum absolute atomic E-state index is 14.6. The molecule has 4 amide bonds. The summed E-state index contributed by atoms with van der Waals surface area (Å²) in [6.45, 7) is 3.96. The molecule has 1 aliphatic rings. The fourth-order valence-electron chi connectivity index (χ4n) is 3.58. The number of urea groups is 1. The van der Waals surface area contributed by atoms with Crippen LogP contribution in [0.2, 0.25) is 0 Å². The lowest BCUT2D eigenvalue weighted by atomic mass is 9.99. The number of nitrogens with two attached hydrogens (primary N) is 1. The molecule has 2 heterocycles. The molecular formula is C22H26FN5O4. The zero-order chi connectivity index (χ0) is 23.4. The molecule has 170 valence electrons. The van der Waals surface area contributed by atoms with Gasteiger partial charge in [0.25, 0.3) is 5.91 Å². The minimum Gasteiger partial charge on any atom is -0.489 e. The lowest BCUT2D eigenvalue weighted by Gasteiger charge is -2.37. The van der Waals surface area contributed by atoms with E-state index >= 15 is 0 Å². The van der Waals surface area contributed by atoms with Gasteiger partial charge in [0.1, 0.15) is 24.0 Å². The first-order chi connectivity index (χ1) is 15.2. The average molecular weight is 443 g/mol. The maximum Gasteiger partial charge on any atom is 0.317 e. The molecule has 32 heavy (non-hydrogen) atoms. The largest absolute Gasteiger partial charge is 0.489 e. The second-order valence-corrected chi connectivity index (χ2v) is 7.95. The number of nitrogens with one attached hydrogen (secondary N) is 2. The molecule has 1 atom stereocenters. The Kier molecular flexibility index (Phi) is 6.92. The highest BCUT2D eigenvalue weighted by atomic mass is 19.1. The quantitative estimate of drug-likeness (QED) is 0.632. The Labute approximate surface area is 185 Å². The van der Waals surface area contributed by atoms with Gasteiger partial charge in [-0.15, -0.1) is 0 Å². The zero-order valence-electron chi connectivity index (χ0n) is 18.1. The third kappa shape index (κ3) is 5.13. The van der Waals surface area contributed by atoms with Crippen molar-refractivity contribution < 1.29 is 23.5 Å². The monoisotopic (exact) mass is 443 g/mol. The van der Waals surface area contributed by atoms with E-state index in [0.717, 1.165) is 0 Å². The highest BCUT2D eigenvalue weighted by Gasteiger charge is 2.35. The fourth-order valence-corrected chi connectivity index (χ4v) is 3.58. The Morgan fingerprint density at radius 3 is 2.72 bits per heavy atom. The number of rotatable bonds is 6. The molecule has 0 aliphatic carbocycles. The number of hydrogen-bond acceptors (Lipinski definition) is 5. The van der Waals surface area contributed by atoms with Gasteiger partial charge in [-0.2, -0.15) is 0 Å². The third-order valence-corrected chi connectivity index (χ3v) is 4.99. The maximum atomic E-state index is 14.6. The lowest BCUT2D eigenvalue weighted by Crippen LogP contribution is -2.49. The van der Waals surface area contributed by atoms with E-state index in [9.17, 15) is 18.8 Å². The van der Waals surface area contributed by atoms with E-state index in [1.807, 2.05) is 13.8 Å². The number of pyridine rings is 1. The van der Waals surface area contributed by atoms with E-state index in [-0.39, 0.29) is 42.0 Å². The number of hydrogen-bond donors (Lipinski definition) is 3. The number of amides is 4. The predicted molar refractivity (Wildman–Crippen MR) is 117 cm³/mol. The molecule has 3 rings (SSSR count). The molecule has 0 unspecified atom stereocenters. The fraction of sp³-hybridized carbons (Fsp3) is 0.364. The summed E-state index contributed by atoms with van der Waals surface area (Å²) >= 11 is 0. The summed E-state index contributed by atoms with van der Waals surface area (Å²) in [6.07, 6.45) is 1.84. The SMILES string of the molecule is CNC(=O)C[C@H]1COc2cc(F)c(CC(C)C)cc2N1C(=O)c1ccnc(NC(N)=O)c1. The van der Waals surface area contributed by atoms with Gasteiger partial charge in [-0.1, -0.05) is 13.8 Å². The Morgan fingerprint density at radius 2 is 2.06 bits per heavy atom. The predicted octanol–water partition coefficient (Wildman–Crippen LogP) is 2.45. The first kappa shape index (κ1) is 23.0. The topological polar surface area (TPSA) is 127 Å². The van der Waals surface area contributed by atoms with Crippen LogP contribution < -0.4 is 26.0 Å². The van der Waals surface area contributed by atoms with Gasteiger partial charge >= 0.3 is 6.03 Å². The van der Waals surface area contributed by atoms with E-state index in [1.54, 1.807) is 6.07 Å². The van der Waals surface area contributed by atoms with Gasteiger partial charge in [0.2, 0.25) is 5.91 Å². The molecule has 1 aromatic carbocycles. The highest BCUT2D eigenvalue weighted by molar-refractivity contribution is 6.08. The first-order valence-electron chi connectivity index (χ1n) is 10.2. The van der Waals surface area contributed by atoms with Gasteiger partial charge < -0.3 is 15.8 Å². The van der Waals surface area contributed by atoms with Gasteiger partial charge in [0.15, 0.2) is 0 Å². The molecular weight excluding hydrogens is 417 g/mol. The van der Waals surface area contributed by atoms with Gasteiger partial charge in [-0.05, 0) is 36.1 Å². The summed E-state index contributed by atoms with van der Waals surface area (Å²) in [6, 6.07) is 4.31. The summed E-state index contributed by atoms with van der Waals surface area (Å²) in [5.41, 5.74) is 6.19. The van der Waals surface area contributed by atoms with Crippen LogP contribution in [0.3, 0.4) is 0 Å². The van der Waals surface area contributed by atoms with Crippen molar-refractivity contribution in [3.05, 3.63) is 47.4 Å². The van der Waals surface area contributed by atoms with Crippen molar-refractivity contribution in [2.24, 2.45) is 11.7 Å². The van der Waals surface area contributed by atoms with Crippen molar-refractivity contribution in [2.45, 2.75) is 32.7 Å². The number of carbonyl (C=O) groups is 3. The van der Waals surface area contributed by atoms with Crippen molar-refractivity contribution in [3.63, 3.8) is 0 Å². The smallest absolute Gasteiger partial charge is 0.317 e. The van der Waals surface area contributed by atoms with Crippen LogP contribution >= 0.6 is 0 Å². The number of anilines is 2. The Balaban J connectivity index is 2.07. The van der Waals surface area contributed by atoms with Crippen molar-refractivity contribution in [3.8, 4) is 5.75 Å². The molecule has 0 fully saturated rings. The summed E-state index contributed by atoms with van der Waals surface area (Å²) in [7, 11) is 1.51. The van der Waals surface area contributed by atoms with Crippen LogP contribution in [-0.4, -0.2) is 42.5 Å². The Bertz CT molecular complexity index is 1040. The van der Waals surface area contributed by atoms with Gasteiger partial charge in [0.05, 0.1) is 18.2 Å². The minimum absolute atomic E-state index is 0.00392. The van der Waals surface area contributed by atoms with E-state index in [1.165, 1.54) is 36.3 Å². The van der Waals surface area contributed by atoms with Crippen LogP contribution in [0, 0.1) is 11.7 Å². The first-order valence-corrected chi connectivity index (χ1v) is 10.2. The van der Waals surface area contributed by atoms with Crippen LogP contribution in [0.15, 0.2) is 30.5 Å². The number of aromatic nitrogens is 1. The zero-order valence-corrected chi connectivity index (χ0v) is 18.1. The van der Waals surface area contributed by atoms with Crippen molar-refractivity contribution >= 4 is 29.4 Å². The summed E-state index contributed by atoms with van der Waals surface area (Å²) in [5, 5.41) is 4.88. The standard InChI is InChI=1S/C22H26FN5O4/c1-12(2)6-14-7-17-18(10-16(14)23)32-11-15(9-20(29)25-3)28(17)21(30)13-4-5-26-19(8-13)27-22(24)31/h4-5,7-8,10,12,15H,6,9,11H2,1-3H3,(H,25,29)(H3,24,26,27,31)/t15-/m0/s1. The van der Waals surface area contributed by atoms with Crippen LogP contribution in [0.1, 0.15) is 36.2 Å². The van der Waals surface area contributed by atoms with E-state index in [0.29, 0.717) is 17.7 Å². The van der Waals surface area contributed by atoms with E-state index < -0.39 is 23.8 Å². The number of nitrogens with zero attached hydrogens (tertiary/aromatic N) is 2. The van der Waals surface area contributed by atoms with E-state index in [2.05, 4.69) is 15.6 Å². The molecule has 1 aromatic heterocycles. The van der Waals surface area contributed by atoms with Crippen LogP contribution in [0.25, 0.3) is 0 Å². The number of benzene rings is 1. The summed E-state index contributed by atoms with van der Waals surface area (Å²) in [5.74, 6) is -0.594. The molecule has 4 N–H and O–H groups in total. The van der Waals surface area contributed by atoms with Gasteiger partial charge in [-0.3, -0.25) is 19.8 Å². The van der Waals surface area contributed by atoms with Crippen LogP contribution in [0.4, 0.5) is 20.7 Å². The number of primary amides is 1. The van der Waals surface area contributed by atoms with Gasteiger partial charge in [0, 0.05) is 24.9 Å². The molecule has 0 spiro atoms. The molecule has 0 radical (unpaired) electrons. The Hall–Kier alpha value is -3.69.